The number of rotatable bonds is 9. The van der Waals surface area contributed by atoms with E-state index in [0.717, 1.165) is 39.5 Å². The summed E-state index contributed by atoms with van der Waals surface area (Å²) >= 11 is 0. The van der Waals surface area contributed by atoms with Crippen LogP contribution in [0, 0.1) is 0 Å². The molecule has 0 unspecified atom stereocenters. The molecule has 2 N–H and O–H groups in total. The number of aromatic nitrogens is 1. The van der Waals surface area contributed by atoms with Crippen molar-refractivity contribution in [3.8, 4) is 0 Å². The normalized spacial score (nSPS) is 12.0. The second-order valence-corrected chi connectivity index (χ2v) is 10.5. The number of hydrogen-bond donors (Lipinski definition) is 2. The Hall–Kier alpha value is -5.16. The molecular formula is C37H33N3O2. The molecule has 0 saturated heterocycles. The third-order valence-electron chi connectivity index (χ3n) is 7.80. The van der Waals surface area contributed by atoms with Gasteiger partial charge in [0.15, 0.2) is 0 Å². The highest BCUT2D eigenvalue weighted by Gasteiger charge is 2.28. The molecule has 0 fully saturated rings. The standard InChI is InChI=1S/C37H33N3O2/c1-2-40-33-21-13-12-20-30(33)31-25-29(22-23-34(31)40)38-36(41)32(24-26-14-6-3-7-15-26)39-37(42)35(27-16-8-4-9-17-27)28-18-10-5-11-19-28/h3-23,25,32,35H,2,24H2,1H3,(H,38,41)(H,39,42)/t32-/m1/s1. The third kappa shape index (κ3) is 5.54. The fourth-order valence-corrected chi connectivity index (χ4v) is 5.80. The van der Waals surface area contributed by atoms with Gasteiger partial charge in [-0.25, -0.2) is 0 Å². The summed E-state index contributed by atoms with van der Waals surface area (Å²) in [7, 11) is 0. The number of fused-ring (bicyclic) bond motifs is 3. The van der Waals surface area contributed by atoms with Crippen LogP contribution < -0.4 is 10.6 Å². The molecule has 5 nitrogen and oxygen atoms in total. The van der Waals surface area contributed by atoms with E-state index in [-0.39, 0.29) is 11.8 Å². The van der Waals surface area contributed by atoms with E-state index in [1.807, 2.05) is 115 Å². The van der Waals surface area contributed by atoms with Crippen molar-refractivity contribution in [1.29, 1.82) is 0 Å². The monoisotopic (exact) mass is 551 g/mol. The first kappa shape index (κ1) is 27.0. The van der Waals surface area contributed by atoms with Crippen molar-refractivity contribution in [3.05, 3.63) is 150 Å². The number of anilines is 1. The predicted molar refractivity (Wildman–Crippen MR) is 171 cm³/mol. The average molecular weight is 552 g/mol. The Balaban J connectivity index is 1.32. The van der Waals surface area contributed by atoms with Crippen LogP contribution in [0.1, 0.15) is 29.5 Å². The lowest BCUT2D eigenvalue weighted by Crippen LogP contribution is -2.47. The van der Waals surface area contributed by atoms with Crippen LogP contribution in [0.2, 0.25) is 0 Å². The summed E-state index contributed by atoms with van der Waals surface area (Å²) in [6.45, 7) is 2.99. The van der Waals surface area contributed by atoms with Gasteiger partial charge in [0, 0.05) is 40.5 Å². The first-order valence-electron chi connectivity index (χ1n) is 14.4. The molecule has 2 amide bonds. The van der Waals surface area contributed by atoms with Crippen molar-refractivity contribution in [2.45, 2.75) is 31.8 Å². The van der Waals surface area contributed by atoms with E-state index in [1.165, 1.54) is 5.52 Å². The Labute approximate surface area is 245 Å². The van der Waals surface area contributed by atoms with Crippen molar-refractivity contribution in [2.75, 3.05) is 5.32 Å². The smallest absolute Gasteiger partial charge is 0.247 e. The van der Waals surface area contributed by atoms with Gasteiger partial charge >= 0.3 is 0 Å². The number of aryl methyl sites for hydroxylation is 1. The molecule has 6 aromatic rings. The Morgan fingerprint density at radius 1 is 0.643 bits per heavy atom. The van der Waals surface area contributed by atoms with Crippen LogP contribution in [0.4, 0.5) is 5.69 Å². The van der Waals surface area contributed by atoms with Gasteiger partial charge in [-0.2, -0.15) is 0 Å². The Kier molecular flexibility index (Phi) is 7.82. The second kappa shape index (κ2) is 12.1. The summed E-state index contributed by atoms with van der Waals surface area (Å²) in [4.78, 5) is 27.8. The lowest BCUT2D eigenvalue weighted by Gasteiger charge is -2.23. The van der Waals surface area contributed by atoms with Gasteiger partial charge in [0.25, 0.3) is 0 Å². The molecule has 0 radical (unpaired) electrons. The number of nitrogens with one attached hydrogen (secondary N) is 2. The highest BCUT2D eigenvalue weighted by Crippen LogP contribution is 2.31. The third-order valence-corrected chi connectivity index (χ3v) is 7.80. The fraction of sp³-hybridized carbons (Fsp3) is 0.135. The van der Waals surface area contributed by atoms with Crippen molar-refractivity contribution >= 4 is 39.3 Å². The molecule has 6 rings (SSSR count). The summed E-state index contributed by atoms with van der Waals surface area (Å²) in [5, 5.41) is 8.45. The molecule has 0 saturated carbocycles. The van der Waals surface area contributed by atoms with Crippen molar-refractivity contribution in [2.24, 2.45) is 0 Å². The van der Waals surface area contributed by atoms with Gasteiger partial charge in [-0.1, -0.05) is 109 Å². The molecule has 208 valence electrons. The molecule has 0 bridgehead atoms. The van der Waals surface area contributed by atoms with Crippen LogP contribution >= 0.6 is 0 Å². The Morgan fingerprint density at radius 3 is 1.86 bits per heavy atom. The largest absolute Gasteiger partial charge is 0.343 e. The van der Waals surface area contributed by atoms with Crippen LogP contribution in [0.15, 0.2) is 133 Å². The minimum atomic E-state index is -0.775. The fourth-order valence-electron chi connectivity index (χ4n) is 5.80. The molecule has 0 aliphatic rings. The summed E-state index contributed by atoms with van der Waals surface area (Å²) in [5.41, 5.74) is 5.70. The quantitative estimate of drug-likeness (QED) is 0.198. The molecule has 1 aromatic heterocycles. The number of carbonyl (C=O) groups is 2. The number of para-hydroxylation sites is 1. The average Bonchev–Trinajstić information content (AvgIpc) is 3.35. The summed E-state index contributed by atoms with van der Waals surface area (Å²) in [6, 6.07) is 42.7. The zero-order chi connectivity index (χ0) is 28.9. The van der Waals surface area contributed by atoms with Gasteiger partial charge in [0.2, 0.25) is 11.8 Å². The lowest BCUT2D eigenvalue weighted by molar-refractivity contribution is -0.126. The number of hydrogen-bond acceptors (Lipinski definition) is 2. The van der Waals surface area contributed by atoms with Crippen molar-refractivity contribution in [1.82, 2.24) is 9.88 Å². The van der Waals surface area contributed by atoms with Crippen LogP contribution in [-0.2, 0) is 22.6 Å². The van der Waals surface area contributed by atoms with Gasteiger partial charge in [-0.05, 0) is 47.9 Å². The van der Waals surface area contributed by atoms with E-state index >= 15 is 0 Å². The van der Waals surface area contributed by atoms with E-state index in [4.69, 9.17) is 0 Å². The number of benzene rings is 5. The first-order valence-corrected chi connectivity index (χ1v) is 14.4. The lowest BCUT2D eigenvalue weighted by atomic mass is 9.90. The number of carbonyl (C=O) groups excluding carboxylic acids is 2. The van der Waals surface area contributed by atoms with E-state index < -0.39 is 12.0 Å². The van der Waals surface area contributed by atoms with E-state index in [9.17, 15) is 9.59 Å². The maximum Gasteiger partial charge on any atom is 0.247 e. The molecule has 0 aliphatic carbocycles. The molecule has 0 aliphatic heterocycles. The molecule has 42 heavy (non-hydrogen) atoms. The van der Waals surface area contributed by atoms with E-state index in [1.54, 1.807) is 0 Å². The van der Waals surface area contributed by atoms with Crippen molar-refractivity contribution in [3.63, 3.8) is 0 Å². The highest BCUT2D eigenvalue weighted by atomic mass is 16.2. The topological polar surface area (TPSA) is 63.1 Å². The second-order valence-electron chi connectivity index (χ2n) is 10.5. The molecular weight excluding hydrogens is 518 g/mol. The SMILES string of the molecule is CCn1c2ccccc2c2cc(NC(=O)[C@@H](Cc3ccccc3)NC(=O)C(c3ccccc3)c3ccccc3)ccc21. The zero-order valence-corrected chi connectivity index (χ0v) is 23.5. The number of amides is 2. The predicted octanol–water partition coefficient (Wildman–Crippen LogP) is 7.31. The maximum atomic E-state index is 14.0. The minimum absolute atomic E-state index is 0.218. The summed E-state index contributed by atoms with van der Waals surface area (Å²) in [5.74, 6) is -1.02. The Morgan fingerprint density at radius 2 is 1.21 bits per heavy atom. The summed E-state index contributed by atoms with van der Waals surface area (Å²) < 4.78 is 2.28. The number of nitrogens with zero attached hydrogens (tertiary/aromatic N) is 1. The van der Waals surface area contributed by atoms with Crippen LogP contribution in [0.5, 0.6) is 0 Å². The van der Waals surface area contributed by atoms with Crippen LogP contribution in [0.3, 0.4) is 0 Å². The molecule has 1 atom stereocenters. The van der Waals surface area contributed by atoms with Crippen molar-refractivity contribution < 1.29 is 9.59 Å². The molecule has 1 heterocycles. The molecule has 0 spiro atoms. The van der Waals surface area contributed by atoms with Crippen LogP contribution in [-0.4, -0.2) is 22.4 Å². The van der Waals surface area contributed by atoms with Gasteiger partial charge in [-0.15, -0.1) is 0 Å². The molecule has 5 aromatic carbocycles. The molecule has 5 heteroatoms. The van der Waals surface area contributed by atoms with E-state index in [0.29, 0.717) is 12.1 Å². The zero-order valence-electron chi connectivity index (χ0n) is 23.5. The Bertz CT molecular complexity index is 1790. The minimum Gasteiger partial charge on any atom is -0.343 e. The van der Waals surface area contributed by atoms with Gasteiger partial charge in [0.05, 0.1) is 5.92 Å². The maximum absolute atomic E-state index is 14.0. The van der Waals surface area contributed by atoms with Gasteiger partial charge in [0.1, 0.15) is 6.04 Å². The van der Waals surface area contributed by atoms with Crippen LogP contribution in [0.25, 0.3) is 21.8 Å². The van der Waals surface area contributed by atoms with Gasteiger partial charge in [-0.3, -0.25) is 9.59 Å². The van der Waals surface area contributed by atoms with Gasteiger partial charge < -0.3 is 15.2 Å². The van der Waals surface area contributed by atoms with E-state index in [2.05, 4.69) is 40.3 Å². The highest BCUT2D eigenvalue weighted by molar-refractivity contribution is 6.10. The summed E-state index contributed by atoms with van der Waals surface area (Å²) in [6.07, 6.45) is 0.367. The first-order chi connectivity index (χ1) is 20.6.